The van der Waals surface area contributed by atoms with Gasteiger partial charge in [-0.2, -0.15) is 0 Å². The van der Waals surface area contributed by atoms with Crippen LogP contribution >= 0.6 is 11.3 Å². The zero-order valence-electron chi connectivity index (χ0n) is 12.3. The van der Waals surface area contributed by atoms with Gasteiger partial charge in [-0.3, -0.25) is 9.59 Å². The fourth-order valence-corrected chi connectivity index (χ4v) is 3.70. The van der Waals surface area contributed by atoms with Gasteiger partial charge >= 0.3 is 0 Å². The predicted octanol–water partition coefficient (Wildman–Crippen LogP) is 1.01. The van der Waals surface area contributed by atoms with Crippen molar-refractivity contribution in [2.75, 3.05) is 33.2 Å². The highest BCUT2D eigenvalue weighted by molar-refractivity contribution is 7.09. The first-order valence-electron chi connectivity index (χ1n) is 7.44. The summed E-state index contributed by atoms with van der Waals surface area (Å²) in [6.45, 7) is 3.94. The van der Waals surface area contributed by atoms with Crippen molar-refractivity contribution in [3.8, 4) is 0 Å². The SMILES string of the molecule is CN1CCN(C(=O)[C@@H]2CCC(=O)N2Cc2cccs2)CC1. The highest BCUT2D eigenvalue weighted by Gasteiger charge is 2.38. The number of rotatable bonds is 3. The number of thiophene rings is 1. The number of hydrogen-bond donors (Lipinski definition) is 0. The second kappa shape index (κ2) is 6.15. The predicted molar refractivity (Wildman–Crippen MR) is 82.0 cm³/mol. The van der Waals surface area contributed by atoms with E-state index in [9.17, 15) is 9.59 Å². The lowest BCUT2D eigenvalue weighted by molar-refractivity contribution is -0.142. The molecular weight excluding hydrogens is 286 g/mol. The van der Waals surface area contributed by atoms with Crippen molar-refractivity contribution in [1.29, 1.82) is 0 Å². The standard InChI is InChI=1S/C15H21N3O2S/c1-16-6-8-17(9-7-16)15(20)13-4-5-14(19)18(13)11-12-3-2-10-21-12/h2-3,10,13H,4-9,11H2,1H3/t13-/m0/s1. The number of likely N-dealkylation sites (N-methyl/N-ethyl adjacent to an activating group) is 1. The third-order valence-corrected chi connectivity index (χ3v) is 5.20. The van der Waals surface area contributed by atoms with Gasteiger partial charge in [0.1, 0.15) is 6.04 Å². The van der Waals surface area contributed by atoms with Crippen LogP contribution in [0.15, 0.2) is 17.5 Å². The van der Waals surface area contributed by atoms with Crippen LogP contribution in [-0.2, 0) is 16.1 Å². The molecule has 0 bridgehead atoms. The number of carbonyl (C=O) groups is 2. The minimum Gasteiger partial charge on any atom is -0.338 e. The first kappa shape index (κ1) is 14.5. The molecule has 5 nitrogen and oxygen atoms in total. The second-order valence-corrected chi connectivity index (χ2v) is 6.82. The number of amides is 2. The molecule has 2 fully saturated rings. The summed E-state index contributed by atoms with van der Waals surface area (Å²) >= 11 is 1.64. The molecule has 0 aromatic carbocycles. The van der Waals surface area contributed by atoms with E-state index >= 15 is 0 Å². The summed E-state index contributed by atoms with van der Waals surface area (Å²) in [5, 5.41) is 2.01. The molecule has 1 aromatic heterocycles. The molecule has 0 radical (unpaired) electrons. The van der Waals surface area contributed by atoms with Gasteiger partial charge in [-0.25, -0.2) is 0 Å². The van der Waals surface area contributed by atoms with Crippen LogP contribution in [0.1, 0.15) is 17.7 Å². The number of piperazine rings is 1. The summed E-state index contributed by atoms with van der Waals surface area (Å²) in [4.78, 5) is 31.9. The van der Waals surface area contributed by atoms with Crippen molar-refractivity contribution in [3.05, 3.63) is 22.4 Å². The average molecular weight is 307 g/mol. The molecule has 2 aliphatic heterocycles. The minimum atomic E-state index is -0.261. The van der Waals surface area contributed by atoms with Crippen molar-refractivity contribution < 1.29 is 9.59 Å². The quantitative estimate of drug-likeness (QED) is 0.837. The molecule has 6 heteroatoms. The number of likely N-dealkylation sites (tertiary alicyclic amines) is 1. The van der Waals surface area contributed by atoms with E-state index in [2.05, 4.69) is 11.9 Å². The minimum absolute atomic E-state index is 0.107. The lowest BCUT2D eigenvalue weighted by atomic mass is 10.1. The Bertz CT molecular complexity index is 509. The number of hydrogen-bond acceptors (Lipinski definition) is 4. The first-order valence-corrected chi connectivity index (χ1v) is 8.32. The monoisotopic (exact) mass is 307 g/mol. The number of carbonyl (C=O) groups excluding carboxylic acids is 2. The molecule has 0 unspecified atom stereocenters. The van der Waals surface area contributed by atoms with Crippen LogP contribution in [0.5, 0.6) is 0 Å². The van der Waals surface area contributed by atoms with Crippen molar-refractivity contribution >= 4 is 23.2 Å². The van der Waals surface area contributed by atoms with E-state index in [1.54, 1.807) is 16.2 Å². The first-order chi connectivity index (χ1) is 10.1. The molecule has 1 aromatic rings. The Kier molecular flexibility index (Phi) is 4.26. The van der Waals surface area contributed by atoms with Crippen LogP contribution < -0.4 is 0 Å². The lowest BCUT2D eigenvalue weighted by Crippen LogP contribution is -2.53. The molecule has 3 rings (SSSR count). The summed E-state index contributed by atoms with van der Waals surface area (Å²) in [6.07, 6.45) is 1.16. The Morgan fingerprint density at radius 2 is 2.10 bits per heavy atom. The molecule has 114 valence electrons. The lowest BCUT2D eigenvalue weighted by Gasteiger charge is -2.35. The second-order valence-electron chi connectivity index (χ2n) is 5.78. The van der Waals surface area contributed by atoms with Crippen molar-refractivity contribution in [3.63, 3.8) is 0 Å². The Balaban J connectivity index is 1.68. The van der Waals surface area contributed by atoms with E-state index in [4.69, 9.17) is 0 Å². The van der Waals surface area contributed by atoms with Crippen LogP contribution in [-0.4, -0.2) is 65.8 Å². The summed E-state index contributed by atoms with van der Waals surface area (Å²) < 4.78 is 0. The fourth-order valence-electron chi connectivity index (χ4n) is 3.00. The Labute approximate surface area is 129 Å². The molecule has 2 aliphatic rings. The zero-order chi connectivity index (χ0) is 14.8. The van der Waals surface area contributed by atoms with Crippen molar-refractivity contribution in [2.24, 2.45) is 0 Å². The Hall–Kier alpha value is -1.40. The molecular formula is C15H21N3O2S. The zero-order valence-corrected chi connectivity index (χ0v) is 13.1. The smallest absolute Gasteiger partial charge is 0.245 e. The van der Waals surface area contributed by atoms with E-state index in [1.165, 1.54) is 0 Å². The van der Waals surface area contributed by atoms with Crippen LogP contribution in [0.2, 0.25) is 0 Å². The maximum absolute atomic E-state index is 12.7. The summed E-state index contributed by atoms with van der Waals surface area (Å²) in [5.41, 5.74) is 0. The van der Waals surface area contributed by atoms with Gasteiger partial charge in [0, 0.05) is 37.5 Å². The number of nitrogens with zero attached hydrogens (tertiary/aromatic N) is 3. The molecule has 21 heavy (non-hydrogen) atoms. The van der Waals surface area contributed by atoms with Crippen LogP contribution in [0.3, 0.4) is 0 Å². The third-order valence-electron chi connectivity index (χ3n) is 4.33. The molecule has 0 N–H and O–H groups in total. The van der Waals surface area contributed by atoms with Gasteiger partial charge in [-0.15, -0.1) is 11.3 Å². The van der Waals surface area contributed by atoms with Crippen LogP contribution in [0.25, 0.3) is 0 Å². The van der Waals surface area contributed by atoms with Gasteiger partial charge in [0.05, 0.1) is 6.54 Å². The van der Waals surface area contributed by atoms with Gasteiger partial charge in [-0.05, 0) is 24.9 Å². The highest BCUT2D eigenvalue weighted by Crippen LogP contribution is 2.25. The average Bonchev–Trinajstić information content (AvgIpc) is 3.11. The summed E-state index contributed by atoms with van der Waals surface area (Å²) in [7, 11) is 2.07. The van der Waals surface area contributed by atoms with E-state index in [1.807, 2.05) is 22.4 Å². The molecule has 0 aliphatic carbocycles. The molecule has 0 saturated carbocycles. The van der Waals surface area contributed by atoms with E-state index < -0.39 is 0 Å². The molecule has 1 atom stereocenters. The Morgan fingerprint density at radius 1 is 1.33 bits per heavy atom. The summed E-state index contributed by atoms with van der Waals surface area (Å²) in [6, 6.07) is 3.74. The van der Waals surface area contributed by atoms with Gasteiger partial charge in [0.25, 0.3) is 0 Å². The topological polar surface area (TPSA) is 43.9 Å². The van der Waals surface area contributed by atoms with Gasteiger partial charge < -0.3 is 14.7 Å². The normalized spacial score (nSPS) is 23.9. The third kappa shape index (κ3) is 3.11. The van der Waals surface area contributed by atoms with Crippen molar-refractivity contribution in [1.82, 2.24) is 14.7 Å². The highest BCUT2D eigenvalue weighted by atomic mass is 32.1. The largest absolute Gasteiger partial charge is 0.338 e. The van der Waals surface area contributed by atoms with Crippen LogP contribution in [0.4, 0.5) is 0 Å². The fraction of sp³-hybridized carbons (Fsp3) is 0.600. The molecule has 3 heterocycles. The maximum atomic E-state index is 12.7. The van der Waals surface area contributed by atoms with Gasteiger partial charge in [-0.1, -0.05) is 6.07 Å². The van der Waals surface area contributed by atoms with E-state index in [0.29, 0.717) is 19.4 Å². The molecule has 0 spiro atoms. The molecule has 2 amide bonds. The van der Waals surface area contributed by atoms with E-state index in [-0.39, 0.29) is 17.9 Å². The van der Waals surface area contributed by atoms with E-state index in [0.717, 1.165) is 31.1 Å². The maximum Gasteiger partial charge on any atom is 0.245 e. The van der Waals surface area contributed by atoms with Crippen LogP contribution in [0, 0.1) is 0 Å². The molecule has 2 saturated heterocycles. The van der Waals surface area contributed by atoms with Gasteiger partial charge in [0.15, 0.2) is 0 Å². The Morgan fingerprint density at radius 3 is 2.76 bits per heavy atom. The van der Waals surface area contributed by atoms with Crippen molar-refractivity contribution in [2.45, 2.75) is 25.4 Å². The van der Waals surface area contributed by atoms with Gasteiger partial charge in [0.2, 0.25) is 11.8 Å². The summed E-state index contributed by atoms with van der Waals surface area (Å²) in [5.74, 6) is 0.237.